The van der Waals surface area contributed by atoms with Crippen molar-refractivity contribution >= 4 is 11.9 Å². The second-order valence-corrected chi connectivity index (χ2v) is 4.99. The molecule has 8 heteroatoms. The molecule has 0 amide bonds. The predicted molar refractivity (Wildman–Crippen MR) is 88.8 cm³/mol. The summed E-state index contributed by atoms with van der Waals surface area (Å²) in [5, 5.41) is 22.8. The van der Waals surface area contributed by atoms with Crippen LogP contribution in [0.4, 0.5) is 0 Å². The number of guanidine groups is 2. The van der Waals surface area contributed by atoms with E-state index in [4.69, 9.17) is 22.0 Å². The Bertz CT molecular complexity index is 660. The molecule has 0 fully saturated rings. The van der Waals surface area contributed by atoms with Crippen LogP contribution >= 0.6 is 0 Å². The lowest BCUT2D eigenvalue weighted by atomic mass is 9.93. The first-order chi connectivity index (χ1) is 10.9. The first kappa shape index (κ1) is 17.8. The number of hydrogen-bond donors (Lipinski definition) is 4. The number of nitrogens with two attached hydrogens (primary N) is 2. The van der Waals surface area contributed by atoms with Gasteiger partial charge in [-0.3, -0.25) is 0 Å². The lowest BCUT2D eigenvalue weighted by molar-refractivity contribution is 0.848. The zero-order valence-corrected chi connectivity index (χ0v) is 13.4. The molecule has 0 spiro atoms. The summed E-state index contributed by atoms with van der Waals surface area (Å²) in [7, 11) is 0. The standard InChI is InChI=1S/C15H20N8/c1-9-4-10(2)13(6-21-15(19)23-8-17)11(3)12(9)5-20-14(18)22-7-16/h4H,5-6H2,1-3H3,(H3,18,20,22)(H3,19,21,23). The highest BCUT2D eigenvalue weighted by Crippen LogP contribution is 2.22. The highest BCUT2D eigenvalue weighted by molar-refractivity contribution is 5.79. The van der Waals surface area contributed by atoms with Gasteiger partial charge in [-0.05, 0) is 48.6 Å². The van der Waals surface area contributed by atoms with E-state index in [9.17, 15) is 0 Å². The maximum absolute atomic E-state index is 8.48. The van der Waals surface area contributed by atoms with Crippen LogP contribution in [0.25, 0.3) is 0 Å². The molecule has 1 aromatic carbocycles. The Hall–Kier alpha value is -3.26. The van der Waals surface area contributed by atoms with Crippen LogP contribution in [0.2, 0.25) is 0 Å². The first-order valence-electron chi connectivity index (χ1n) is 6.91. The Labute approximate surface area is 135 Å². The fraction of sp³-hybridized carbons (Fsp3) is 0.333. The average Bonchev–Trinajstić information content (AvgIpc) is 2.47. The SMILES string of the molecule is Cc1cc(C)c(CN/C(N)=N\C#N)c(C)c1CN/C(N)=N\C#N. The van der Waals surface area contributed by atoms with Crippen molar-refractivity contribution in [2.45, 2.75) is 33.9 Å². The minimum atomic E-state index is 0.0805. The molecule has 0 unspecified atom stereocenters. The summed E-state index contributed by atoms with van der Waals surface area (Å²) in [5.74, 6) is 0.161. The van der Waals surface area contributed by atoms with Crippen LogP contribution in [-0.2, 0) is 13.1 Å². The lowest BCUT2D eigenvalue weighted by Gasteiger charge is -2.18. The van der Waals surface area contributed by atoms with Crippen LogP contribution in [0, 0.1) is 43.7 Å². The summed E-state index contributed by atoms with van der Waals surface area (Å²) in [5.41, 5.74) is 16.6. The molecule has 1 rings (SSSR count). The highest BCUT2D eigenvalue weighted by atomic mass is 15.1. The molecule has 0 aliphatic heterocycles. The third-order valence-electron chi connectivity index (χ3n) is 3.52. The molecule has 0 saturated carbocycles. The first-order valence-corrected chi connectivity index (χ1v) is 6.91. The summed E-state index contributed by atoms with van der Waals surface area (Å²) < 4.78 is 0. The van der Waals surface area contributed by atoms with Crippen molar-refractivity contribution < 1.29 is 0 Å². The Morgan fingerprint density at radius 3 is 1.70 bits per heavy atom. The molecular weight excluding hydrogens is 292 g/mol. The van der Waals surface area contributed by atoms with Crippen LogP contribution in [0.5, 0.6) is 0 Å². The summed E-state index contributed by atoms with van der Waals surface area (Å²) in [6, 6.07) is 2.07. The summed E-state index contributed by atoms with van der Waals surface area (Å²) in [6.07, 6.45) is 3.27. The van der Waals surface area contributed by atoms with E-state index in [1.165, 1.54) is 0 Å². The topological polar surface area (TPSA) is 148 Å². The fourth-order valence-corrected chi connectivity index (χ4v) is 2.36. The van der Waals surface area contributed by atoms with Gasteiger partial charge in [-0.15, -0.1) is 9.98 Å². The van der Waals surface area contributed by atoms with Gasteiger partial charge in [0.15, 0.2) is 0 Å². The van der Waals surface area contributed by atoms with Gasteiger partial charge in [-0.2, -0.15) is 10.5 Å². The van der Waals surface area contributed by atoms with E-state index in [2.05, 4.69) is 26.7 Å². The molecule has 0 heterocycles. The van der Waals surface area contributed by atoms with Crippen molar-refractivity contribution in [2.24, 2.45) is 21.5 Å². The summed E-state index contributed by atoms with van der Waals surface area (Å²) in [4.78, 5) is 6.87. The summed E-state index contributed by atoms with van der Waals surface area (Å²) >= 11 is 0. The van der Waals surface area contributed by atoms with Crippen molar-refractivity contribution in [3.63, 3.8) is 0 Å². The lowest BCUT2D eigenvalue weighted by Crippen LogP contribution is -2.32. The van der Waals surface area contributed by atoms with Gasteiger partial charge in [-0.1, -0.05) is 6.07 Å². The van der Waals surface area contributed by atoms with E-state index in [0.717, 1.165) is 27.8 Å². The van der Waals surface area contributed by atoms with Gasteiger partial charge < -0.3 is 22.1 Å². The molecule has 0 bridgehead atoms. The van der Waals surface area contributed by atoms with Crippen molar-refractivity contribution in [3.8, 4) is 12.4 Å². The van der Waals surface area contributed by atoms with E-state index in [0.29, 0.717) is 13.1 Å². The Balaban J connectivity index is 3.03. The number of nitrogens with one attached hydrogen (secondary N) is 2. The molecule has 6 N–H and O–H groups in total. The third kappa shape index (κ3) is 4.90. The van der Waals surface area contributed by atoms with Gasteiger partial charge >= 0.3 is 0 Å². The van der Waals surface area contributed by atoms with E-state index in [1.807, 2.05) is 20.8 Å². The van der Waals surface area contributed by atoms with Crippen molar-refractivity contribution in [2.75, 3.05) is 0 Å². The predicted octanol–water partition coefficient (Wildman–Crippen LogP) is 0.383. The van der Waals surface area contributed by atoms with Gasteiger partial charge in [0.2, 0.25) is 24.3 Å². The second kappa shape index (κ2) is 8.25. The molecule has 0 radical (unpaired) electrons. The van der Waals surface area contributed by atoms with Gasteiger partial charge in [0.25, 0.3) is 0 Å². The zero-order valence-electron chi connectivity index (χ0n) is 13.4. The van der Waals surface area contributed by atoms with Crippen molar-refractivity contribution in [1.29, 1.82) is 10.5 Å². The number of aryl methyl sites for hydroxylation is 2. The molecule has 8 nitrogen and oxygen atoms in total. The smallest absolute Gasteiger partial charge is 0.209 e. The number of nitriles is 2. The molecule has 0 aliphatic carbocycles. The molecule has 0 atom stereocenters. The van der Waals surface area contributed by atoms with Crippen LogP contribution in [0.3, 0.4) is 0 Å². The number of benzene rings is 1. The number of rotatable bonds is 4. The minimum Gasteiger partial charge on any atom is -0.369 e. The normalized spacial score (nSPS) is 11.5. The quantitative estimate of drug-likeness (QED) is 0.359. The molecule has 120 valence electrons. The van der Waals surface area contributed by atoms with Crippen LogP contribution in [-0.4, -0.2) is 11.9 Å². The molecule has 0 aliphatic rings. The van der Waals surface area contributed by atoms with E-state index < -0.39 is 0 Å². The third-order valence-corrected chi connectivity index (χ3v) is 3.52. The van der Waals surface area contributed by atoms with Crippen LogP contribution < -0.4 is 22.1 Å². The molecule has 23 heavy (non-hydrogen) atoms. The molecule has 0 saturated heterocycles. The number of aliphatic imine (C=N–C) groups is 2. The van der Waals surface area contributed by atoms with Crippen molar-refractivity contribution in [3.05, 3.63) is 33.9 Å². The monoisotopic (exact) mass is 312 g/mol. The highest BCUT2D eigenvalue weighted by Gasteiger charge is 2.11. The Kier molecular flexibility index (Phi) is 6.38. The fourth-order valence-electron chi connectivity index (χ4n) is 2.36. The summed E-state index contributed by atoms with van der Waals surface area (Å²) in [6.45, 7) is 6.95. The average molecular weight is 312 g/mol. The van der Waals surface area contributed by atoms with Gasteiger partial charge in [0.05, 0.1) is 0 Å². The maximum Gasteiger partial charge on any atom is 0.209 e. The number of nitrogens with zero attached hydrogens (tertiary/aromatic N) is 4. The molecule has 1 aromatic rings. The van der Waals surface area contributed by atoms with Crippen LogP contribution in [0.15, 0.2) is 16.1 Å². The number of hydrogen-bond acceptors (Lipinski definition) is 4. The van der Waals surface area contributed by atoms with Crippen LogP contribution in [0.1, 0.15) is 27.8 Å². The van der Waals surface area contributed by atoms with Gasteiger partial charge in [0, 0.05) is 13.1 Å². The minimum absolute atomic E-state index is 0.0805. The Morgan fingerprint density at radius 1 is 0.957 bits per heavy atom. The largest absolute Gasteiger partial charge is 0.369 e. The molecular formula is C15H20N8. The second-order valence-electron chi connectivity index (χ2n) is 4.99. The van der Waals surface area contributed by atoms with E-state index >= 15 is 0 Å². The maximum atomic E-state index is 8.48. The molecule has 0 aromatic heterocycles. The Morgan fingerprint density at radius 2 is 1.35 bits per heavy atom. The van der Waals surface area contributed by atoms with Crippen molar-refractivity contribution in [1.82, 2.24) is 10.6 Å². The van der Waals surface area contributed by atoms with E-state index in [1.54, 1.807) is 12.4 Å². The van der Waals surface area contributed by atoms with E-state index in [-0.39, 0.29) is 11.9 Å². The van der Waals surface area contributed by atoms with Gasteiger partial charge in [0.1, 0.15) is 0 Å². The zero-order chi connectivity index (χ0) is 17.4. The van der Waals surface area contributed by atoms with Gasteiger partial charge in [-0.25, -0.2) is 0 Å².